The van der Waals surface area contributed by atoms with Crippen LogP contribution in [-0.4, -0.2) is 23.2 Å². The molecule has 6 heteroatoms. The maximum Gasteiger partial charge on any atom is 0.124 e. The minimum atomic E-state index is -0.292. The van der Waals surface area contributed by atoms with Gasteiger partial charge in [-0.1, -0.05) is 58.9 Å². The van der Waals surface area contributed by atoms with Crippen LogP contribution in [0.2, 0.25) is 0 Å². The molecule has 4 N–H and O–H groups in total. The van der Waals surface area contributed by atoms with Crippen LogP contribution in [0.4, 0.5) is 4.39 Å². The van der Waals surface area contributed by atoms with Crippen LogP contribution in [0, 0.1) is 5.82 Å². The van der Waals surface area contributed by atoms with Crippen LogP contribution in [0.25, 0.3) is 27.6 Å². The second-order valence-corrected chi connectivity index (χ2v) is 8.47. The van der Waals surface area contributed by atoms with Gasteiger partial charge in [0.1, 0.15) is 5.82 Å². The number of nitrogens with zero attached hydrogens (tertiary/aromatic N) is 2. The number of nitrogens with one attached hydrogen (secondary N) is 2. The fourth-order valence-corrected chi connectivity index (χ4v) is 3.93. The summed E-state index contributed by atoms with van der Waals surface area (Å²) < 4.78 is 14.4. The van der Waals surface area contributed by atoms with E-state index in [-0.39, 0.29) is 5.82 Å². The maximum absolute atomic E-state index is 14.4. The van der Waals surface area contributed by atoms with Gasteiger partial charge in [-0.25, -0.2) is 4.39 Å². The molecule has 0 fully saturated rings. The van der Waals surface area contributed by atoms with E-state index < -0.39 is 0 Å². The van der Waals surface area contributed by atoms with Crippen molar-refractivity contribution < 1.29 is 4.39 Å². The zero-order chi connectivity index (χ0) is 30.9. The average Bonchev–Trinajstić information content (AvgIpc) is 3.41. The molecule has 5 nitrogen and oxygen atoms in total. The van der Waals surface area contributed by atoms with E-state index in [0.29, 0.717) is 17.8 Å². The molecule has 0 bridgehead atoms. The number of aromatic amines is 1. The van der Waals surface area contributed by atoms with Gasteiger partial charge in [-0.2, -0.15) is 0 Å². The van der Waals surface area contributed by atoms with Crippen molar-refractivity contribution >= 4 is 22.7 Å². The molecule has 0 aliphatic rings. The maximum atomic E-state index is 14.4. The second-order valence-electron chi connectivity index (χ2n) is 8.47. The molecule has 1 aromatic carbocycles. The lowest BCUT2D eigenvalue weighted by molar-refractivity contribution is 0.624. The summed E-state index contributed by atoms with van der Waals surface area (Å²) in [6, 6.07) is 7.01. The van der Waals surface area contributed by atoms with Gasteiger partial charge in [-0.3, -0.25) is 9.98 Å². The van der Waals surface area contributed by atoms with Crippen LogP contribution in [0.15, 0.2) is 127 Å². The number of nitrogens with two attached hydrogens (primary N) is 1. The van der Waals surface area contributed by atoms with E-state index in [0.717, 1.165) is 50.0 Å². The van der Waals surface area contributed by atoms with E-state index in [9.17, 15) is 4.39 Å². The Morgan fingerprint density at radius 2 is 1.80 bits per heavy atom. The molecule has 0 saturated heterocycles. The molecule has 3 aromatic rings. The predicted octanol–water partition coefficient (Wildman–Crippen LogP) is 8.59. The number of halogens is 1. The number of rotatable bonds is 10. The lowest BCUT2D eigenvalue weighted by atomic mass is 9.96. The van der Waals surface area contributed by atoms with Crippen molar-refractivity contribution in [2.24, 2.45) is 10.7 Å². The van der Waals surface area contributed by atoms with Crippen molar-refractivity contribution in [1.29, 1.82) is 0 Å². The van der Waals surface area contributed by atoms with Crippen LogP contribution >= 0.6 is 0 Å². The van der Waals surface area contributed by atoms with Gasteiger partial charge in [-0.15, -0.1) is 5.73 Å². The van der Waals surface area contributed by atoms with Gasteiger partial charge >= 0.3 is 0 Å². The third-order valence-corrected chi connectivity index (χ3v) is 5.79. The molecule has 0 radical (unpaired) electrons. The average molecular weight is 552 g/mol. The summed E-state index contributed by atoms with van der Waals surface area (Å²) in [5.41, 5.74) is 16.2. The largest absolute Gasteiger partial charge is 0.398 e. The number of fused-ring (bicyclic) bond motifs is 1. The van der Waals surface area contributed by atoms with Crippen molar-refractivity contribution in [2.45, 2.75) is 34.2 Å². The highest BCUT2D eigenvalue weighted by Crippen LogP contribution is 2.34. The Kier molecular flexibility index (Phi) is 14.8. The Bertz CT molecular complexity index is 1520. The summed E-state index contributed by atoms with van der Waals surface area (Å²) in [5.74, 6) is -0.292. The number of pyridine rings is 1. The summed E-state index contributed by atoms with van der Waals surface area (Å²) >= 11 is 0. The van der Waals surface area contributed by atoms with Crippen molar-refractivity contribution in [1.82, 2.24) is 15.3 Å². The Hall–Kier alpha value is -4.77. The van der Waals surface area contributed by atoms with E-state index in [1.165, 1.54) is 18.3 Å². The number of benzene rings is 1. The Morgan fingerprint density at radius 3 is 2.39 bits per heavy atom. The molecular formula is C35H42FN5. The first-order valence-corrected chi connectivity index (χ1v) is 13.3. The lowest BCUT2D eigenvalue weighted by Crippen LogP contribution is -2.05. The molecule has 0 spiro atoms. The zero-order valence-electron chi connectivity index (χ0n) is 24.9. The summed E-state index contributed by atoms with van der Waals surface area (Å²) in [6.45, 7) is 26.7. The smallest absolute Gasteiger partial charge is 0.124 e. The molecule has 0 aliphatic heterocycles. The van der Waals surface area contributed by atoms with Crippen LogP contribution in [0.1, 0.15) is 39.0 Å². The highest BCUT2D eigenvalue weighted by molar-refractivity contribution is 5.98. The first-order chi connectivity index (χ1) is 19.7. The third kappa shape index (κ3) is 9.43. The van der Waals surface area contributed by atoms with Crippen molar-refractivity contribution in [3.8, 4) is 11.1 Å². The van der Waals surface area contributed by atoms with Crippen molar-refractivity contribution in [2.75, 3.05) is 7.05 Å². The predicted molar refractivity (Wildman–Crippen MR) is 177 cm³/mol. The topological polar surface area (TPSA) is 79.1 Å². The summed E-state index contributed by atoms with van der Waals surface area (Å²) in [6.07, 6.45) is 12.3. The normalized spacial score (nSPS) is 11.7. The number of hydrogen-bond acceptors (Lipinski definition) is 4. The summed E-state index contributed by atoms with van der Waals surface area (Å²) in [5, 5.41) is 3.97. The quantitative estimate of drug-likeness (QED) is 0.134. The summed E-state index contributed by atoms with van der Waals surface area (Å²) in [4.78, 5) is 11.9. The number of aromatic nitrogens is 2. The van der Waals surface area contributed by atoms with E-state index in [2.05, 4.69) is 58.9 Å². The minimum absolute atomic E-state index is 0.292. The monoisotopic (exact) mass is 551 g/mol. The van der Waals surface area contributed by atoms with Gasteiger partial charge in [0, 0.05) is 58.6 Å². The number of hydrogen-bond donors (Lipinski definition) is 3. The van der Waals surface area contributed by atoms with Crippen molar-refractivity contribution in [3.63, 3.8) is 0 Å². The van der Waals surface area contributed by atoms with Gasteiger partial charge in [-0.05, 0) is 73.5 Å². The molecule has 214 valence electrons. The number of allylic oxidation sites excluding steroid dienone is 6. The first-order valence-electron chi connectivity index (χ1n) is 13.3. The van der Waals surface area contributed by atoms with Gasteiger partial charge in [0.15, 0.2) is 0 Å². The fourth-order valence-electron chi connectivity index (χ4n) is 3.93. The molecule has 41 heavy (non-hydrogen) atoms. The number of H-pyrrole nitrogens is 1. The van der Waals surface area contributed by atoms with Crippen LogP contribution in [-0.2, 0) is 6.54 Å². The van der Waals surface area contributed by atoms with Crippen LogP contribution in [0.5, 0.6) is 0 Å². The van der Waals surface area contributed by atoms with E-state index >= 15 is 0 Å². The van der Waals surface area contributed by atoms with Gasteiger partial charge < -0.3 is 16.0 Å². The molecule has 0 unspecified atom stereocenters. The molecule has 2 heterocycles. The van der Waals surface area contributed by atoms with Gasteiger partial charge in [0.25, 0.3) is 0 Å². The van der Waals surface area contributed by atoms with Gasteiger partial charge in [0.2, 0.25) is 0 Å². The molecule has 0 saturated carbocycles. The molecule has 0 atom stereocenters. The second kappa shape index (κ2) is 17.7. The standard InChI is InChI=1S/C30H32FN5.C3H4.C2H6/c1-7-22(16-34-9-3)19(4)10-25(28(32)8-2)20(5)29-14-26-27(17-35-18-30(26)36-29)23-11-21(15-33-6)12-24(31)13-23;1-3-2;1-2/h7-14,16-18,33,36H,3-5,15,32H2,1-2,6H3;1-2H2;1-2H3/b22-7+,25-10-,28-8+,34-16?;;. The fraction of sp³-hybridized carbons (Fsp3) is 0.171. The molecule has 0 aliphatic carbocycles. The lowest BCUT2D eigenvalue weighted by Gasteiger charge is -2.12. The molecular weight excluding hydrogens is 509 g/mol. The van der Waals surface area contributed by atoms with E-state index in [1.54, 1.807) is 18.6 Å². The Balaban J connectivity index is 0.00000157. The van der Waals surface area contributed by atoms with E-state index in [1.807, 2.05) is 65.1 Å². The summed E-state index contributed by atoms with van der Waals surface area (Å²) in [7, 11) is 1.83. The van der Waals surface area contributed by atoms with Crippen molar-refractivity contribution in [3.05, 3.63) is 139 Å². The number of aliphatic imine (C=N–C) groups is 1. The molecule has 0 amide bonds. The SMILES string of the molecule is C=C=C.C=CN=C/C(=C\C)C(=C)/C=C(C(=C)c1cc2c(-c3cc(F)cc(CNC)c3)cncc2[nH]1)\C(N)=C/C.CC. The highest BCUT2D eigenvalue weighted by atomic mass is 19.1. The Morgan fingerprint density at radius 1 is 1.12 bits per heavy atom. The molecule has 3 rings (SSSR count). The molecule has 2 aromatic heterocycles. The Labute approximate surface area is 244 Å². The third-order valence-electron chi connectivity index (χ3n) is 5.79. The highest BCUT2D eigenvalue weighted by Gasteiger charge is 2.15. The zero-order valence-corrected chi connectivity index (χ0v) is 24.9. The van der Waals surface area contributed by atoms with Crippen LogP contribution < -0.4 is 11.1 Å². The van der Waals surface area contributed by atoms with E-state index in [4.69, 9.17) is 5.73 Å². The first kappa shape index (κ1) is 34.3. The van der Waals surface area contributed by atoms with Crippen LogP contribution in [0.3, 0.4) is 0 Å². The minimum Gasteiger partial charge on any atom is -0.398 e. The van der Waals surface area contributed by atoms with Gasteiger partial charge in [0.05, 0.1) is 11.7 Å².